The molecular weight excluding hydrogens is 134 g/mol. The topological polar surface area (TPSA) is 3.88 Å². The number of rotatable bonds is 1. The summed E-state index contributed by atoms with van der Waals surface area (Å²) in [5.41, 5.74) is 1.52. The summed E-state index contributed by atoms with van der Waals surface area (Å²) >= 11 is 0. The fourth-order valence-electron chi connectivity index (χ4n) is 1.59. The second-order valence-corrected chi connectivity index (χ2v) is 3.43. The lowest BCUT2D eigenvalue weighted by atomic mass is 9.81. The third kappa shape index (κ3) is 1.28. The van der Waals surface area contributed by atoms with Gasteiger partial charge in [0, 0.05) is 11.6 Å². The lowest BCUT2D eigenvalue weighted by molar-refractivity contribution is -0.672. The minimum Gasteiger partial charge on any atom is -0.208 e. The van der Waals surface area contributed by atoms with Crippen molar-refractivity contribution in [2.45, 2.75) is 25.2 Å². The maximum atomic E-state index is 2.24. The Labute approximate surface area is 67.7 Å². The highest BCUT2D eigenvalue weighted by molar-refractivity contribution is 5.14. The van der Waals surface area contributed by atoms with E-state index in [2.05, 4.69) is 36.1 Å². The maximum Gasteiger partial charge on any atom is 0.171 e. The van der Waals surface area contributed by atoms with Gasteiger partial charge in [-0.15, -0.1) is 0 Å². The summed E-state index contributed by atoms with van der Waals surface area (Å²) in [4.78, 5) is 0. The number of hydrogen-bond donors (Lipinski definition) is 0. The van der Waals surface area contributed by atoms with Crippen LogP contribution < -0.4 is 4.57 Å². The molecule has 1 nitrogen and oxygen atoms in total. The first-order valence-corrected chi connectivity index (χ1v) is 4.31. The normalized spacial score (nSPS) is 17.9. The molecule has 0 bridgehead atoms. The van der Waals surface area contributed by atoms with Gasteiger partial charge in [-0.05, 0) is 24.8 Å². The molecule has 1 aliphatic carbocycles. The average Bonchev–Trinajstić information content (AvgIpc) is 1.83. The Hall–Kier alpha value is -0.850. The van der Waals surface area contributed by atoms with E-state index in [-0.39, 0.29) is 0 Å². The summed E-state index contributed by atoms with van der Waals surface area (Å²) in [5.74, 6) is 0.863. The molecule has 1 fully saturated rings. The summed E-state index contributed by atoms with van der Waals surface area (Å²) in [6.07, 6.45) is 8.53. The molecule has 1 aromatic rings. The second-order valence-electron chi connectivity index (χ2n) is 3.43. The van der Waals surface area contributed by atoms with Crippen LogP contribution in [0.1, 0.15) is 30.7 Å². The summed E-state index contributed by atoms with van der Waals surface area (Å²) in [7, 11) is 2.09. The van der Waals surface area contributed by atoms with E-state index < -0.39 is 0 Å². The average molecular weight is 148 g/mol. The molecular formula is C10H14N+. The molecule has 1 heterocycles. The number of nitrogens with zero attached hydrogens (tertiary/aromatic N) is 1. The minimum atomic E-state index is 0.863. The predicted molar refractivity (Wildman–Crippen MR) is 44.2 cm³/mol. The number of aromatic nitrogens is 1. The van der Waals surface area contributed by atoms with Crippen molar-refractivity contribution in [2.75, 3.05) is 0 Å². The van der Waals surface area contributed by atoms with Crippen LogP contribution in [0.3, 0.4) is 0 Å². The first-order valence-electron chi connectivity index (χ1n) is 4.31. The van der Waals surface area contributed by atoms with Crippen LogP contribution in [0.15, 0.2) is 24.5 Å². The summed E-state index contributed by atoms with van der Waals surface area (Å²) < 4.78 is 2.13. The molecule has 1 aliphatic rings. The van der Waals surface area contributed by atoms with Gasteiger partial charge in [0.2, 0.25) is 0 Å². The lowest BCUT2D eigenvalue weighted by Crippen LogP contribution is -2.28. The third-order valence-corrected chi connectivity index (χ3v) is 2.54. The van der Waals surface area contributed by atoms with Crippen molar-refractivity contribution in [2.24, 2.45) is 7.05 Å². The van der Waals surface area contributed by atoms with Crippen molar-refractivity contribution in [1.82, 2.24) is 0 Å². The van der Waals surface area contributed by atoms with Crippen LogP contribution in [0.2, 0.25) is 0 Å². The highest BCUT2D eigenvalue weighted by Crippen LogP contribution is 2.35. The highest BCUT2D eigenvalue weighted by Gasteiger charge is 2.20. The molecule has 0 N–H and O–H groups in total. The molecule has 0 atom stereocenters. The molecule has 1 saturated carbocycles. The first kappa shape index (κ1) is 6.84. The molecule has 0 radical (unpaired) electrons. The first-order chi connectivity index (χ1) is 5.36. The van der Waals surface area contributed by atoms with Gasteiger partial charge in [0.15, 0.2) is 12.4 Å². The van der Waals surface area contributed by atoms with E-state index in [1.807, 2.05) is 0 Å². The number of hydrogen-bond acceptors (Lipinski definition) is 0. The monoisotopic (exact) mass is 148 g/mol. The van der Waals surface area contributed by atoms with E-state index in [0.29, 0.717) is 0 Å². The van der Waals surface area contributed by atoms with Gasteiger partial charge in [0.25, 0.3) is 0 Å². The quantitative estimate of drug-likeness (QED) is 0.534. The van der Waals surface area contributed by atoms with Crippen molar-refractivity contribution in [1.29, 1.82) is 0 Å². The van der Waals surface area contributed by atoms with Gasteiger partial charge in [-0.3, -0.25) is 0 Å². The van der Waals surface area contributed by atoms with Crippen LogP contribution in [0.4, 0.5) is 0 Å². The molecule has 58 valence electrons. The minimum absolute atomic E-state index is 0.863. The van der Waals surface area contributed by atoms with Gasteiger partial charge in [0.05, 0.1) is 0 Å². The molecule has 0 saturated heterocycles. The highest BCUT2D eigenvalue weighted by atomic mass is 14.9. The van der Waals surface area contributed by atoms with E-state index in [9.17, 15) is 0 Å². The second kappa shape index (κ2) is 2.65. The maximum absolute atomic E-state index is 2.24. The molecule has 0 spiro atoms. The van der Waals surface area contributed by atoms with Gasteiger partial charge in [-0.1, -0.05) is 6.42 Å². The van der Waals surface area contributed by atoms with E-state index in [4.69, 9.17) is 0 Å². The van der Waals surface area contributed by atoms with Crippen LogP contribution in [0.25, 0.3) is 0 Å². The number of pyridine rings is 1. The molecule has 1 aromatic heterocycles. The third-order valence-electron chi connectivity index (χ3n) is 2.54. The van der Waals surface area contributed by atoms with Gasteiger partial charge < -0.3 is 0 Å². The molecule has 0 aromatic carbocycles. The van der Waals surface area contributed by atoms with Gasteiger partial charge in [0.1, 0.15) is 7.05 Å². The van der Waals surface area contributed by atoms with Crippen molar-refractivity contribution in [3.8, 4) is 0 Å². The van der Waals surface area contributed by atoms with E-state index in [1.165, 1.54) is 24.8 Å². The van der Waals surface area contributed by atoms with Crippen LogP contribution in [0, 0.1) is 0 Å². The summed E-state index contributed by atoms with van der Waals surface area (Å²) in [6, 6.07) is 4.37. The Balaban J connectivity index is 2.23. The fraction of sp³-hybridized carbons (Fsp3) is 0.500. The Bertz CT molecular complexity index is 251. The van der Waals surface area contributed by atoms with Gasteiger partial charge in [-0.2, -0.15) is 0 Å². The van der Waals surface area contributed by atoms with E-state index >= 15 is 0 Å². The molecule has 2 rings (SSSR count). The Morgan fingerprint density at radius 3 is 2.82 bits per heavy atom. The predicted octanol–water partition coefficient (Wildman–Crippen LogP) is 1.78. The largest absolute Gasteiger partial charge is 0.208 e. The van der Waals surface area contributed by atoms with Crippen LogP contribution in [0.5, 0.6) is 0 Å². The van der Waals surface area contributed by atoms with Crippen molar-refractivity contribution < 1.29 is 4.57 Å². The molecule has 0 aliphatic heterocycles. The van der Waals surface area contributed by atoms with Crippen molar-refractivity contribution in [3.05, 3.63) is 30.1 Å². The van der Waals surface area contributed by atoms with Crippen molar-refractivity contribution in [3.63, 3.8) is 0 Å². The molecule has 0 amide bonds. The molecule has 11 heavy (non-hydrogen) atoms. The smallest absolute Gasteiger partial charge is 0.171 e. The zero-order valence-electron chi connectivity index (χ0n) is 6.96. The zero-order chi connectivity index (χ0) is 7.68. The zero-order valence-corrected chi connectivity index (χ0v) is 6.96. The van der Waals surface area contributed by atoms with E-state index in [0.717, 1.165) is 5.92 Å². The Kier molecular flexibility index (Phi) is 1.65. The molecule has 1 heteroatoms. The number of aryl methyl sites for hydroxylation is 1. The summed E-state index contributed by atoms with van der Waals surface area (Å²) in [6.45, 7) is 0. The lowest BCUT2D eigenvalue weighted by Gasteiger charge is -2.24. The standard InChI is InChI=1S/C10H14N/c1-11-7-3-6-10(8-11)9-4-2-5-9/h3,6-9H,2,4-5H2,1H3/q+1. The van der Waals surface area contributed by atoms with Crippen LogP contribution in [-0.2, 0) is 7.05 Å². The summed E-state index contributed by atoms with van der Waals surface area (Å²) in [5, 5.41) is 0. The van der Waals surface area contributed by atoms with Crippen molar-refractivity contribution >= 4 is 0 Å². The van der Waals surface area contributed by atoms with Crippen LogP contribution in [-0.4, -0.2) is 0 Å². The van der Waals surface area contributed by atoms with Gasteiger partial charge in [-0.25, -0.2) is 4.57 Å². The SMILES string of the molecule is C[n+]1cccc(C2CCC2)c1. The van der Waals surface area contributed by atoms with Gasteiger partial charge >= 0.3 is 0 Å². The Morgan fingerprint density at radius 2 is 2.27 bits per heavy atom. The molecule has 0 unspecified atom stereocenters. The fourth-order valence-corrected chi connectivity index (χ4v) is 1.59. The van der Waals surface area contributed by atoms with Crippen LogP contribution >= 0.6 is 0 Å². The Morgan fingerprint density at radius 1 is 1.45 bits per heavy atom. The van der Waals surface area contributed by atoms with E-state index in [1.54, 1.807) is 0 Å².